The standard InChI is InChI=1S/C23H26FN5.HI/c1-25-23(26-10-9-18-16-27-22-8-7-19(24)14-21(18)22)28-15-17-5-4-6-20(13-17)29-11-2-3-12-29;/h2-8,13-14,16,27H,9-12,15H2,1H3,(H2,25,26,28);1H. The van der Waals surface area contributed by atoms with Crippen molar-refractivity contribution >= 4 is 46.5 Å². The molecule has 1 aliphatic rings. The minimum Gasteiger partial charge on any atom is -0.364 e. The molecule has 7 heteroatoms. The largest absolute Gasteiger partial charge is 0.364 e. The number of nitrogens with one attached hydrogen (secondary N) is 3. The predicted molar refractivity (Wildman–Crippen MR) is 133 cm³/mol. The number of hydrogen-bond acceptors (Lipinski definition) is 2. The van der Waals surface area contributed by atoms with Gasteiger partial charge in [0.25, 0.3) is 0 Å². The summed E-state index contributed by atoms with van der Waals surface area (Å²) >= 11 is 0. The van der Waals surface area contributed by atoms with Crippen molar-refractivity contribution in [3.8, 4) is 0 Å². The minimum absolute atomic E-state index is 0. The van der Waals surface area contributed by atoms with Crippen molar-refractivity contribution in [2.45, 2.75) is 13.0 Å². The van der Waals surface area contributed by atoms with E-state index in [0.29, 0.717) is 13.1 Å². The number of guanidine groups is 1. The number of nitrogens with zero attached hydrogens (tertiary/aromatic N) is 2. The summed E-state index contributed by atoms with van der Waals surface area (Å²) in [7, 11) is 1.77. The fourth-order valence-electron chi connectivity index (χ4n) is 3.63. The van der Waals surface area contributed by atoms with Gasteiger partial charge in [0.2, 0.25) is 0 Å². The van der Waals surface area contributed by atoms with Crippen LogP contribution in [0.1, 0.15) is 11.1 Å². The lowest BCUT2D eigenvalue weighted by atomic mass is 10.1. The summed E-state index contributed by atoms with van der Waals surface area (Å²) in [5.41, 5.74) is 4.50. The Morgan fingerprint density at radius 2 is 1.97 bits per heavy atom. The second-order valence-electron chi connectivity index (χ2n) is 7.15. The Labute approximate surface area is 193 Å². The molecule has 1 aromatic heterocycles. The number of aliphatic imine (C=N–C) groups is 1. The molecule has 1 aliphatic heterocycles. The molecule has 0 fully saturated rings. The van der Waals surface area contributed by atoms with Crippen LogP contribution in [0.5, 0.6) is 0 Å². The number of H-pyrrole nitrogens is 1. The molecule has 158 valence electrons. The highest BCUT2D eigenvalue weighted by atomic mass is 127. The van der Waals surface area contributed by atoms with Gasteiger partial charge in [-0.1, -0.05) is 24.3 Å². The average molecular weight is 519 g/mol. The molecule has 2 heterocycles. The number of fused-ring (bicyclic) bond motifs is 1. The molecule has 0 saturated heterocycles. The zero-order valence-electron chi connectivity index (χ0n) is 17.0. The van der Waals surface area contributed by atoms with Gasteiger partial charge in [-0.25, -0.2) is 4.39 Å². The predicted octanol–water partition coefficient (Wildman–Crippen LogP) is 4.21. The van der Waals surface area contributed by atoms with Crippen LogP contribution in [0.2, 0.25) is 0 Å². The van der Waals surface area contributed by atoms with Gasteiger partial charge in [-0.3, -0.25) is 4.99 Å². The molecule has 0 bridgehead atoms. The van der Waals surface area contributed by atoms with Gasteiger partial charge in [0.15, 0.2) is 5.96 Å². The van der Waals surface area contributed by atoms with E-state index in [-0.39, 0.29) is 29.8 Å². The first-order valence-corrected chi connectivity index (χ1v) is 9.92. The Morgan fingerprint density at radius 1 is 1.13 bits per heavy atom. The fourth-order valence-corrected chi connectivity index (χ4v) is 3.63. The van der Waals surface area contributed by atoms with Crippen LogP contribution in [-0.2, 0) is 13.0 Å². The number of hydrogen-bond donors (Lipinski definition) is 3. The molecule has 5 nitrogen and oxygen atoms in total. The lowest BCUT2D eigenvalue weighted by Gasteiger charge is -2.19. The zero-order valence-corrected chi connectivity index (χ0v) is 19.3. The van der Waals surface area contributed by atoms with Crippen LogP contribution < -0.4 is 15.5 Å². The van der Waals surface area contributed by atoms with Crippen LogP contribution >= 0.6 is 24.0 Å². The number of anilines is 1. The molecule has 4 rings (SSSR count). The number of benzene rings is 2. The Balaban J connectivity index is 0.00000256. The van der Waals surface area contributed by atoms with Crippen molar-refractivity contribution in [1.82, 2.24) is 15.6 Å². The third-order valence-corrected chi connectivity index (χ3v) is 5.19. The van der Waals surface area contributed by atoms with E-state index in [1.54, 1.807) is 19.2 Å². The maximum absolute atomic E-state index is 13.5. The summed E-state index contributed by atoms with van der Waals surface area (Å²) in [4.78, 5) is 9.83. The van der Waals surface area contributed by atoms with Crippen molar-refractivity contribution in [3.63, 3.8) is 0 Å². The normalized spacial score (nSPS) is 13.5. The van der Waals surface area contributed by atoms with Gasteiger partial charge in [-0.2, -0.15) is 0 Å². The summed E-state index contributed by atoms with van der Waals surface area (Å²) in [6.07, 6.45) is 7.11. The van der Waals surface area contributed by atoms with Gasteiger partial charge in [0.05, 0.1) is 0 Å². The van der Waals surface area contributed by atoms with E-state index >= 15 is 0 Å². The maximum atomic E-state index is 13.5. The third kappa shape index (κ3) is 5.33. The minimum atomic E-state index is -0.212. The van der Waals surface area contributed by atoms with Crippen LogP contribution in [0.3, 0.4) is 0 Å². The Hall–Kier alpha value is -2.55. The molecule has 30 heavy (non-hydrogen) atoms. The van der Waals surface area contributed by atoms with Gasteiger partial charge in [-0.05, 0) is 47.9 Å². The molecule has 3 N–H and O–H groups in total. The van der Waals surface area contributed by atoms with Gasteiger partial charge in [-0.15, -0.1) is 24.0 Å². The van der Waals surface area contributed by atoms with E-state index in [1.807, 2.05) is 6.20 Å². The quantitative estimate of drug-likeness (QED) is 0.198. The van der Waals surface area contributed by atoms with Crippen molar-refractivity contribution < 1.29 is 4.39 Å². The van der Waals surface area contributed by atoms with Gasteiger partial charge in [0, 0.05) is 56.0 Å². The summed E-state index contributed by atoms with van der Waals surface area (Å²) in [5, 5.41) is 7.64. The molecule has 0 aliphatic carbocycles. The smallest absolute Gasteiger partial charge is 0.191 e. The zero-order chi connectivity index (χ0) is 20.1. The number of aromatic nitrogens is 1. The van der Waals surface area contributed by atoms with E-state index in [1.165, 1.54) is 17.3 Å². The van der Waals surface area contributed by atoms with Crippen LogP contribution in [0.25, 0.3) is 10.9 Å². The maximum Gasteiger partial charge on any atom is 0.191 e. The van der Waals surface area contributed by atoms with Crippen molar-refractivity contribution in [1.29, 1.82) is 0 Å². The molecule has 0 amide bonds. The first-order valence-electron chi connectivity index (χ1n) is 9.92. The third-order valence-electron chi connectivity index (χ3n) is 5.19. The molecule has 2 aromatic carbocycles. The molecule has 0 atom stereocenters. The molecule has 3 aromatic rings. The number of halogens is 2. The molecular formula is C23H27FIN5. The summed E-state index contributed by atoms with van der Waals surface area (Å²) in [5.74, 6) is 0.542. The molecule has 0 radical (unpaired) electrons. The topological polar surface area (TPSA) is 55.5 Å². The number of aromatic amines is 1. The molecule has 0 unspecified atom stereocenters. The first kappa shape index (κ1) is 22.1. The highest BCUT2D eigenvalue weighted by Crippen LogP contribution is 2.20. The van der Waals surface area contributed by atoms with Gasteiger partial charge < -0.3 is 20.5 Å². The van der Waals surface area contributed by atoms with E-state index in [4.69, 9.17) is 0 Å². The lowest BCUT2D eigenvalue weighted by Crippen LogP contribution is -2.37. The summed E-state index contributed by atoms with van der Waals surface area (Å²) < 4.78 is 13.5. The second kappa shape index (κ2) is 10.5. The van der Waals surface area contributed by atoms with E-state index in [9.17, 15) is 4.39 Å². The number of rotatable bonds is 6. The fraction of sp³-hybridized carbons (Fsp3) is 0.261. The van der Waals surface area contributed by atoms with Crippen molar-refractivity contribution in [3.05, 3.63) is 77.8 Å². The Kier molecular flexibility index (Phi) is 7.73. The Bertz CT molecular complexity index is 1040. The van der Waals surface area contributed by atoms with Crippen LogP contribution in [0, 0.1) is 5.82 Å². The van der Waals surface area contributed by atoms with E-state index in [0.717, 1.165) is 41.9 Å². The summed E-state index contributed by atoms with van der Waals surface area (Å²) in [6.45, 7) is 3.35. The van der Waals surface area contributed by atoms with Crippen LogP contribution in [0.4, 0.5) is 10.1 Å². The molecule has 0 spiro atoms. The Morgan fingerprint density at radius 3 is 2.77 bits per heavy atom. The van der Waals surface area contributed by atoms with Crippen molar-refractivity contribution in [2.24, 2.45) is 4.99 Å². The monoisotopic (exact) mass is 519 g/mol. The van der Waals surface area contributed by atoms with Crippen molar-refractivity contribution in [2.75, 3.05) is 31.6 Å². The van der Waals surface area contributed by atoms with E-state index < -0.39 is 0 Å². The van der Waals surface area contributed by atoms with Crippen LogP contribution in [0.15, 0.2) is 65.8 Å². The highest BCUT2D eigenvalue weighted by molar-refractivity contribution is 14.0. The first-order chi connectivity index (χ1) is 14.2. The SMILES string of the molecule is CN=C(NCCc1c[nH]c2ccc(F)cc12)NCc1cccc(N2CC=CC2)c1.I. The van der Waals surface area contributed by atoms with Crippen LogP contribution in [-0.4, -0.2) is 37.6 Å². The summed E-state index contributed by atoms with van der Waals surface area (Å²) in [6, 6.07) is 13.4. The lowest BCUT2D eigenvalue weighted by molar-refractivity contribution is 0.629. The van der Waals surface area contributed by atoms with Gasteiger partial charge >= 0.3 is 0 Å². The second-order valence-corrected chi connectivity index (χ2v) is 7.15. The average Bonchev–Trinajstić information content (AvgIpc) is 3.41. The molecule has 0 saturated carbocycles. The van der Waals surface area contributed by atoms with Gasteiger partial charge in [0.1, 0.15) is 5.82 Å². The van der Waals surface area contributed by atoms with E-state index in [2.05, 4.69) is 61.9 Å². The highest BCUT2D eigenvalue weighted by Gasteiger charge is 2.08. The molecular weight excluding hydrogens is 492 g/mol.